The van der Waals surface area contributed by atoms with Gasteiger partial charge >= 0.3 is 0 Å². The lowest BCUT2D eigenvalue weighted by molar-refractivity contribution is -0.131. The van der Waals surface area contributed by atoms with Crippen LogP contribution in [0.15, 0.2) is 24.3 Å². The zero-order valence-electron chi connectivity index (χ0n) is 25.4. The van der Waals surface area contributed by atoms with Crippen molar-refractivity contribution in [3.05, 3.63) is 29.8 Å². The van der Waals surface area contributed by atoms with Gasteiger partial charge in [-0.2, -0.15) is 0 Å². The molecule has 0 atom stereocenters. The Morgan fingerprint density at radius 3 is 2.24 bits per heavy atom. The fourth-order valence-electron chi connectivity index (χ4n) is 6.02. The number of ketones is 1. The maximum atomic E-state index is 11.8. The highest BCUT2D eigenvalue weighted by Gasteiger charge is 2.39. The van der Waals surface area contributed by atoms with Crippen molar-refractivity contribution in [2.75, 3.05) is 64.4 Å². The van der Waals surface area contributed by atoms with Gasteiger partial charge in [-0.3, -0.25) is 9.59 Å². The number of Topliss-reactive ketones (excluding diaryl/α,β-unsaturated/α-hetero) is 1. The second kappa shape index (κ2) is 19.4. The highest BCUT2D eigenvalue weighted by atomic mass is 16.5. The van der Waals surface area contributed by atoms with Crippen molar-refractivity contribution in [3.8, 4) is 11.8 Å². The third-order valence-electron chi connectivity index (χ3n) is 8.61. The van der Waals surface area contributed by atoms with Crippen LogP contribution in [0.1, 0.15) is 70.3 Å². The second-order valence-corrected chi connectivity index (χ2v) is 11.4. The number of nitrogens with two attached hydrogens (primary N) is 1. The molecular formula is C33H52N4O4. The summed E-state index contributed by atoms with van der Waals surface area (Å²) >= 11 is 0. The Morgan fingerprint density at radius 1 is 1.05 bits per heavy atom. The van der Waals surface area contributed by atoms with Gasteiger partial charge < -0.3 is 30.4 Å². The van der Waals surface area contributed by atoms with Crippen molar-refractivity contribution < 1.29 is 19.1 Å². The maximum absolute atomic E-state index is 11.8. The van der Waals surface area contributed by atoms with Crippen LogP contribution in [0.5, 0.6) is 0 Å². The number of likely N-dealkylation sites (tertiary alicyclic amines) is 1. The van der Waals surface area contributed by atoms with E-state index in [1.165, 1.54) is 56.7 Å². The van der Waals surface area contributed by atoms with E-state index < -0.39 is 5.41 Å². The van der Waals surface area contributed by atoms with Crippen molar-refractivity contribution in [2.24, 2.45) is 17.1 Å². The molecule has 41 heavy (non-hydrogen) atoms. The number of primary amides is 1. The van der Waals surface area contributed by atoms with Crippen LogP contribution in [-0.4, -0.2) is 82.9 Å². The summed E-state index contributed by atoms with van der Waals surface area (Å²) in [5.74, 6) is 5.88. The van der Waals surface area contributed by atoms with Gasteiger partial charge in [-0.1, -0.05) is 50.2 Å². The topological polar surface area (TPSA) is 105 Å². The van der Waals surface area contributed by atoms with E-state index in [0.29, 0.717) is 19.4 Å². The fraction of sp³-hybridized carbons (Fsp3) is 0.667. The Labute approximate surface area is 247 Å². The summed E-state index contributed by atoms with van der Waals surface area (Å²) < 4.78 is 5.06. The number of amides is 1. The predicted octanol–water partition coefficient (Wildman–Crippen LogP) is 3.61. The van der Waals surface area contributed by atoms with Crippen LogP contribution in [0.4, 0.5) is 5.69 Å². The molecule has 2 heterocycles. The zero-order valence-corrected chi connectivity index (χ0v) is 25.4. The molecule has 0 spiro atoms. The van der Waals surface area contributed by atoms with Crippen molar-refractivity contribution in [1.82, 2.24) is 10.2 Å². The number of hydrogen-bond donors (Lipinski definition) is 2. The summed E-state index contributed by atoms with van der Waals surface area (Å²) in [4.78, 5) is 35.3. The van der Waals surface area contributed by atoms with Gasteiger partial charge in [0, 0.05) is 58.9 Å². The van der Waals surface area contributed by atoms with Crippen LogP contribution in [0.2, 0.25) is 0 Å². The van der Waals surface area contributed by atoms with E-state index >= 15 is 0 Å². The summed E-state index contributed by atoms with van der Waals surface area (Å²) in [6, 6.07) is 9.35. The van der Waals surface area contributed by atoms with Gasteiger partial charge in [0.05, 0.1) is 12.0 Å². The Kier molecular flexibility index (Phi) is 16.3. The molecule has 1 aromatic carbocycles. The Balaban J connectivity index is 0.000000271. The first-order valence-corrected chi connectivity index (χ1v) is 15.3. The largest absolute Gasteiger partial charge is 0.383 e. The maximum Gasteiger partial charge on any atom is 0.223 e. The normalized spacial score (nSPS) is 18.9. The van der Waals surface area contributed by atoms with E-state index in [9.17, 15) is 9.59 Å². The van der Waals surface area contributed by atoms with E-state index in [-0.39, 0.29) is 11.7 Å². The minimum absolute atomic E-state index is 0.146. The molecule has 8 heteroatoms. The quantitative estimate of drug-likeness (QED) is 0.346. The molecule has 3 aliphatic rings. The number of piperazine rings is 1. The summed E-state index contributed by atoms with van der Waals surface area (Å²) in [5, 5.41) is 3.41. The summed E-state index contributed by atoms with van der Waals surface area (Å²) in [6.45, 7) is 11.2. The number of hydrogen-bond acceptors (Lipinski definition) is 7. The predicted molar refractivity (Wildman–Crippen MR) is 166 cm³/mol. The van der Waals surface area contributed by atoms with Gasteiger partial charge in [-0.15, -0.1) is 0 Å². The number of nitrogens with zero attached hydrogens (tertiary/aromatic N) is 2. The lowest BCUT2D eigenvalue weighted by atomic mass is 9.74. The van der Waals surface area contributed by atoms with Crippen LogP contribution in [-0.2, 0) is 25.5 Å². The van der Waals surface area contributed by atoms with Crippen molar-refractivity contribution >= 4 is 24.2 Å². The van der Waals surface area contributed by atoms with Crippen molar-refractivity contribution in [2.45, 2.75) is 71.1 Å². The Morgan fingerprint density at radius 2 is 1.68 bits per heavy atom. The number of ether oxygens (including phenoxy) is 1. The van der Waals surface area contributed by atoms with E-state index in [2.05, 4.69) is 51.2 Å². The standard InChI is InChI=1S/C17H26N2.C15H24N2O3.CH2O/c1-2-4-15(5-3-1)14-16-6-8-17(9-7-16)19-12-10-18-11-13-19;1-13(18)5-3-4-6-15(14(16)19)7-9-17(10-8-15)11-12-20-2;1-2/h6-9,15,18H,1-5,10-14H2;4,6-12H2,1-2H3,(H2,16,19);1H2. The monoisotopic (exact) mass is 568 g/mol. The zero-order chi connectivity index (χ0) is 29.9. The third kappa shape index (κ3) is 12.4. The smallest absolute Gasteiger partial charge is 0.223 e. The summed E-state index contributed by atoms with van der Waals surface area (Å²) in [5.41, 5.74) is 8.06. The van der Waals surface area contributed by atoms with Gasteiger partial charge in [-0.05, 0) is 68.3 Å². The lowest BCUT2D eigenvalue weighted by Gasteiger charge is -2.39. The molecule has 3 fully saturated rings. The van der Waals surface area contributed by atoms with Gasteiger partial charge in [0.2, 0.25) is 11.7 Å². The summed E-state index contributed by atoms with van der Waals surface area (Å²) in [7, 11) is 1.69. The van der Waals surface area contributed by atoms with Gasteiger partial charge in [0.1, 0.15) is 6.79 Å². The Bertz CT molecular complexity index is 952. The van der Waals surface area contributed by atoms with E-state index in [1.807, 2.05) is 6.79 Å². The fourth-order valence-corrected chi connectivity index (χ4v) is 6.02. The number of nitrogens with one attached hydrogen (secondary N) is 1. The molecule has 0 radical (unpaired) electrons. The van der Waals surface area contributed by atoms with E-state index in [0.717, 1.165) is 64.6 Å². The molecule has 1 aliphatic carbocycles. The van der Waals surface area contributed by atoms with Gasteiger partial charge in [0.25, 0.3) is 0 Å². The van der Waals surface area contributed by atoms with Crippen LogP contribution >= 0.6 is 0 Å². The molecule has 0 aromatic heterocycles. The molecule has 8 nitrogen and oxygen atoms in total. The number of methoxy groups -OCH3 is 1. The minimum atomic E-state index is -0.463. The van der Waals surface area contributed by atoms with Gasteiger partial charge in [-0.25, -0.2) is 0 Å². The number of benzene rings is 1. The molecule has 3 N–H and O–H groups in total. The molecule has 1 amide bonds. The minimum Gasteiger partial charge on any atom is -0.383 e. The van der Waals surface area contributed by atoms with Crippen LogP contribution < -0.4 is 16.0 Å². The highest BCUT2D eigenvalue weighted by Crippen LogP contribution is 2.35. The highest BCUT2D eigenvalue weighted by molar-refractivity contribution is 5.93. The number of anilines is 1. The average molecular weight is 569 g/mol. The van der Waals surface area contributed by atoms with E-state index in [1.54, 1.807) is 7.11 Å². The van der Waals surface area contributed by atoms with Crippen LogP contribution in [0.25, 0.3) is 0 Å². The molecule has 2 saturated heterocycles. The van der Waals surface area contributed by atoms with Crippen molar-refractivity contribution in [1.29, 1.82) is 0 Å². The molecule has 228 valence electrons. The molecule has 4 rings (SSSR count). The Hall–Kier alpha value is -2.73. The van der Waals surface area contributed by atoms with Crippen LogP contribution in [0.3, 0.4) is 0 Å². The number of carbonyl (C=O) groups is 3. The van der Waals surface area contributed by atoms with E-state index in [4.69, 9.17) is 15.3 Å². The molecule has 1 aromatic rings. The molecule has 0 bridgehead atoms. The number of rotatable bonds is 9. The first-order chi connectivity index (χ1) is 19.9. The van der Waals surface area contributed by atoms with Crippen LogP contribution in [0, 0.1) is 23.2 Å². The van der Waals surface area contributed by atoms with Crippen molar-refractivity contribution in [3.63, 3.8) is 0 Å². The van der Waals surface area contributed by atoms with Gasteiger partial charge in [0.15, 0.2) is 0 Å². The molecule has 2 aliphatic heterocycles. The first kappa shape index (κ1) is 34.5. The number of piperidine rings is 1. The average Bonchev–Trinajstić information content (AvgIpc) is 3.01. The second-order valence-electron chi connectivity index (χ2n) is 11.4. The first-order valence-electron chi connectivity index (χ1n) is 15.3. The molecule has 1 saturated carbocycles. The SMILES string of the molecule is C=O.COCCN1CCC(CCC#CC(C)=O)(C(N)=O)CC1.c1cc(N2CCNCC2)ccc1CC1CCCCC1. The lowest BCUT2D eigenvalue weighted by Crippen LogP contribution is -2.47. The number of carbonyl (C=O) groups excluding carboxylic acids is 3. The summed E-state index contributed by atoms with van der Waals surface area (Å²) in [6.07, 6.45) is 11.2. The molecule has 0 unspecified atom stereocenters. The third-order valence-corrected chi connectivity index (χ3v) is 8.61. The molecular weight excluding hydrogens is 516 g/mol.